The number of hydrogen-bond acceptors (Lipinski definition) is 4. The number of rotatable bonds is 9. The van der Waals surface area contributed by atoms with E-state index in [1.54, 1.807) is 4.90 Å². The molecule has 1 heterocycles. The Hall–Kier alpha value is -4.19. The molecule has 172 valence electrons. The first kappa shape index (κ1) is 23.0. The molecule has 0 bridgehead atoms. The van der Waals surface area contributed by atoms with Gasteiger partial charge in [-0.15, -0.1) is 0 Å². The Morgan fingerprint density at radius 3 is 2.00 bits per heavy atom. The number of aromatic nitrogens is 2. The molecule has 0 radical (unpaired) electrons. The summed E-state index contributed by atoms with van der Waals surface area (Å²) < 4.78 is 6.81. The molecule has 0 atom stereocenters. The average molecular weight is 454 g/mol. The zero-order valence-corrected chi connectivity index (χ0v) is 19.1. The minimum atomic E-state index is -0.272. The van der Waals surface area contributed by atoms with E-state index in [1.807, 2.05) is 91.9 Å². The van der Waals surface area contributed by atoms with Crippen molar-refractivity contribution in [2.75, 3.05) is 6.61 Å². The number of carbonyl (C=O) groups is 1. The number of carbonyl (C=O) groups excluding carboxylic acids is 1. The third kappa shape index (κ3) is 5.98. The fraction of sp³-hybridized carbons (Fsp3) is 0.179. The van der Waals surface area contributed by atoms with Gasteiger partial charge in [-0.3, -0.25) is 14.2 Å². The molecule has 0 N–H and O–H groups in total. The lowest BCUT2D eigenvalue weighted by Crippen LogP contribution is -2.35. The molecule has 0 spiro atoms. The fourth-order valence-electron chi connectivity index (χ4n) is 3.68. The Balaban J connectivity index is 1.51. The van der Waals surface area contributed by atoms with Crippen molar-refractivity contribution in [3.63, 3.8) is 0 Å². The number of benzene rings is 3. The summed E-state index contributed by atoms with van der Waals surface area (Å²) in [4.78, 5) is 32.2. The normalized spacial score (nSPS) is 10.6. The largest absolute Gasteiger partial charge is 0.494 e. The molecule has 0 fully saturated rings. The molecule has 0 aliphatic rings. The minimum absolute atomic E-state index is 0.0743. The summed E-state index contributed by atoms with van der Waals surface area (Å²) in [5.41, 5.74) is 3.16. The van der Waals surface area contributed by atoms with Crippen LogP contribution in [-0.4, -0.2) is 27.0 Å². The Kier molecular flexibility index (Phi) is 7.50. The van der Waals surface area contributed by atoms with E-state index < -0.39 is 0 Å². The van der Waals surface area contributed by atoms with Gasteiger partial charge in [0.05, 0.1) is 18.6 Å². The molecule has 0 saturated heterocycles. The summed E-state index contributed by atoms with van der Waals surface area (Å²) in [7, 11) is 0. The highest BCUT2D eigenvalue weighted by Crippen LogP contribution is 2.19. The Labute approximate surface area is 199 Å². The highest BCUT2D eigenvalue weighted by Gasteiger charge is 2.16. The Bertz CT molecular complexity index is 1230. The maximum atomic E-state index is 13.3. The van der Waals surface area contributed by atoms with Crippen LogP contribution in [0.1, 0.15) is 18.1 Å². The van der Waals surface area contributed by atoms with Crippen LogP contribution in [0, 0.1) is 0 Å². The van der Waals surface area contributed by atoms with E-state index >= 15 is 0 Å². The molecule has 1 amide bonds. The maximum absolute atomic E-state index is 13.3. The average Bonchev–Trinajstić information content (AvgIpc) is 2.87. The summed E-state index contributed by atoms with van der Waals surface area (Å²) in [6.45, 7) is 3.36. The number of amides is 1. The van der Waals surface area contributed by atoms with Crippen molar-refractivity contribution in [3.05, 3.63) is 119 Å². The second kappa shape index (κ2) is 11.1. The van der Waals surface area contributed by atoms with Crippen LogP contribution >= 0.6 is 0 Å². The van der Waals surface area contributed by atoms with Gasteiger partial charge in [-0.25, -0.2) is 4.98 Å². The standard InChI is InChI=1S/C28H27N3O3/c1-2-34-25-15-13-24(14-16-25)26-17-27(32)31(21-29-26)20-28(33)30(18-22-9-5-3-6-10-22)19-23-11-7-4-8-12-23/h3-17,21H,2,18-20H2,1H3. The van der Waals surface area contributed by atoms with Gasteiger partial charge in [0, 0.05) is 24.7 Å². The monoisotopic (exact) mass is 453 g/mol. The van der Waals surface area contributed by atoms with Crippen LogP contribution in [0.15, 0.2) is 102 Å². The van der Waals surface area contributed by atoms with Gasteiger partial charge in [0.15, 0.2) is 0 Å². The summed E-state index contributed by atoms with van der Waals surface area (Å²) in [6.07, 6.45) is 1.44. The van der Waals surface area contributed by atoms with E-state index in [9.17, 15) is 9.59 Å². The van der Waals surface area contributed by atoms with Gasteiger partial charge >= 0.3 is 0 Å². The van der Waals surface area contributed by atoms with Crippen molar-refractivity contribution in [2.24, 2.45) is 0 Å². The Morgan fingerprint density at radius 1 is 0.882 bits per heavy atom. The molecule has 0 aliphatic heterocycles. The van der Waals surface area contributed by atoms with E-state index in [1.165, 1.54) is 17.0 Å². The highest BCUT2D eigenvalue weighted by molar-refractivity contribution is 5.76. The second-order valence-electron chi connectivity index (χ2n) is 7.92. The zero-order chi connectivity index (χ0) is 23.8. The van der Waals surface area contributed by atoms with Crippen LogP contribution in [0.2, 0.25) is 0 Å². The lowest BCUT2D eigenvalue weighted by Gasteiger charge is -2.23. The van der Waals surface area contributed by atoms with Crippen molar-refractivity contribution in [2.45, 2.75) is 26.6 Å². The molecule has 6 nitrogen and oxygen atoms in total. The van der Waals surface area contributed by atoms with Crippen molar-refractivity contribution in [1.82, 2.24) is 14.5 Å². The van der Waals surface area contributed by atoms with Gasteiger partial charge in [-0.2, -0.15) is 0 Å². The van der Waals surface area contributed by atoms with Crippen molar-refractivity contribution in [3.8, 4) is 17.0 Å². The van der Waals surface area contributed by atoms with Crippen LogP contribution in [0.3, 0.4) is 0 Å². The molecule has 4 rings (SSSR count). The lowest BCUT2D eigenvalue weighted by atomic mass is 10.1. The summed E-state index contributed by atoms with van der Waals surface area (Å²) in [5, 5.41) is 0. The molecular weight excluding hydrogens is 426 g/mol. The molecule has 3 aromatic carbocycles. The maximum Gasteiger partial charge on any atom is 0.254 e. The second-order valence-corrected chi connectivity index (χ2v) is 7.92. The van der Waals surface area contributed by atoms with Gasteiger partial charge < -0.3 is 9.64 Å². The van der Waals surface area contributed by atoms with E-state index in [4.69, 9.17) is 4.74 Å². The topological polar surface area (TPSA) is 64.4 Å². The van der Waals surface area contributed by atoms with Crippen molar-refractivity contribution < 1.29 is 9.53 Å². The predicted molar refractivity (Wildman–Crippen MR) is 132 cm³/mol. The van der Waals surface area contributed by atoms with Crippen LogP contribution in [0.4, 0.5) is 0 Å². The van der Waals surface area contributed by atoms with Crippen molar-refractivity contribution in [1.29, 1.82) is 0 Å². The van der Waals surface area contributed by atoms with Gasteiger partial charge in [0.1, 0.15) is 12.3 Å². The molecule has 6 heteroatoms. The van der Waals surface area contributed by atoms with Crippen LogP contribution < -0.4 is 10.3 Å². The first-order valence-corrected chi connectivity index (χ1v) is 11.3. The number of ether oxygens (including phenoxy) is 1. The van der Waals surface area contributed by atoms with Crippen LogP contribution in [0.25, 0.3) is 11.3 Å². The lowest BCUT2D eigenvalue weighted by molar-refractivity contribution is -0.133. The summed E-state index contributed by atoms with van der Waals surface area (Å²) in [5.74, 6) is 0.618. The molecule has 0 saturated carbocycles. The molecule has 4 aromatic rings. The molecule has 0 aliphatic carbocycles. The number of nitrogens with zero attached hydrogens (tertiary/aromatic N) is 3. The van der Waals surface area contributed by atoms with E-state index in [0.717, 1.165) is 22.4 Å². The summed E-state index contributed by atoms with van der Waals surface area (Å²) in [6, 6.07) is 28.6. The minimum Gasteiger partial charge on any atom is -0.494 e. The van der Waals surface area contributed by atoms with Gasteiger partial charge in [-0.1, -0.05) is 60.7 Å². The SMILES string of the molecule is CCOc1ccc(-c2cc(=O)n(CC(=O)N(Cc3ccccc3)Cc3ccccc3)cn2)cc1. The quantitative estimate of drug-likeness (QED) is 0.373. The Morgan fingerprint density at radius 2 is 1.47 bits per heavy atom. The van der Waals surface area contributed by atoms with Gasteiger partial charge in [0.2, 0.25) is 5.91 Å². The van der Waals surface area contributed by atoms with E-state index in [0.29, 0.717) is 25.4 Å². The van der Waals surface area contributed by atoms with E-state index in [-0.39, 0.29) is 18.0 Å². The highest BCUT2D eigenvalue weighted by atomic mass is 16.5. The molecule has 0 unspecified atom stereocenters. The summed E-state index contributed by atoms with van der Waals surface area (Å²) >= 11 is 0. The first-order chi connectivity index (χ1) is 16.6. The smallest absolute Gasteiger partial charge is 0.254 e. The van der Waals surface area contributed by atoms with Gasteiger partial charge in [0.25, 0.3) is 5.56 Å². The van der Waals surface area contributed by atoms with Crippen LogP contribution in [-0.2, 0) is 24.4 Å². The zero-order valence-electron chi connectivity index (χ0n) is 19.1. The van der Waals surface area contributed by atoms with E-state index in [2.05, 4.69) is 4.98 Å². The van der Waals surface area contributed by atoms with Crippen molar-refractivity contribution >= 4 is 5.91 Å². The molecule has 1 aromatic heterocycles. The first-order valence-electron chi connectivity index (χ1n) is 11.3. The molecular formula is C28H27N3O3. The predicted octanol–water partition coefficient (Wildman–Crippen LogP) is 4.54. The fourth-order valence-corrected chi connectivity index (χ4v) is 3.68. The third-order valence-electron chi connectivity index (χ3n) is 5.43. The van der Waals surface area contributed by atoms with Crippen LogP contribution in [0.5, 0.6) is 5.75 Å². The van der Waals surface area contributed by atoms with Gasteiger partial charge in [-0.05, 0) is 42.3 Å². The third-order valence-corrected chi connectivity index (χ3v) is 5.43. The molecule has 34 heavy (non-hydrogen) atoms. The number of hydrogen-bond donors (Lipinski definition) is 0.